The second kappa shape index (κ2) is 3.44. The molecule has 0 unspecified atom stereocenters. The summed E-state index contributed by atoms with van der Waals surface area (Å²) >= 11 is 0. The van der Waals surface area contributed by atoms with Gasteiger partial charge in [0, 0.05) is 5.31 Å². The zero-order valence-corrected chi connectivity index (χ0v) is 12.1. The van der Waals surface area contributed by atoms with E-state index in [9.17, 15) is 0 Å². The summed E-state index contributed by atoms with van der Waals surface area (Å²) in [6.45, 7) is 13.7. The van der Waals surface area contributed by atoms with Crippen LogP contribution in [0, 0.1) is 10.8 Å². The summed E-state index contributed by atoms with van der Waals surface area (Å²) in [6, 6.07) is 0. The highest BCUT2D eigenvalue weighted by Crippen LogP contribution is 2.45. The van der Waals surface area contributed by atoms with Crippen molar-refractivity contribution in [2.24, 2.45) is 10.8 Å². The number of allylic oxidation sites excluding steroid dienone is 6. The van der Waals surface area contributed by atoms with E-state index in [-0.39, 0.29) is 5.41 Å². The lowest BCUT2D eigenvalue weighted by molar-refractivity contribution is 0.518. The van der Waals surface area contributed by atoms with Crippen molar-refractivity contribution < 1.29 is 0 Å². The minimum absolute atomic E-state index is 0.273. The molecule has 16 heavy (non-hydrogen) atoms. The number of hydrogen-bond donors (Lipinski definition) is 0. The summed E-state index contributed by atoms with van der Waals surface area (Å²) in [7, 11) is 1.41. The molecule has 0 aromatic heterocycles. The van der Waals surface area contributed by atoms with E-state index in [4.69, 9.17) is 0 Å². The Kier molecular flexibility index (Phi) is 2.55. The van der Waals surface area contributed by atoms with Crippen molar-refractivity contribution in [2.75, 3.05) is 0 Å². The van der Waals surface area contributed by atoms with E-state index in [2.05, 4.69) is 59.8 Å². The zero-order chi connectivity index (χ0) is 12.1. The summed E-state index contributed by atoms with van der Waals surface area (Å²) in [6.07, 6.45) is 7.12. The van der Waals surface area contributed by atoms with Crippen molar-refractivity contribution >= 4 is 13.5 Å². The molecular weight excluding hydrogens is 211 g/mol. The molecular formula is C15H21P. The molecule has 1 aliphatic heterocycles. The molecule has 1 heterocycles. The van der Waals surface area contributed by atoms with Crippen molar-refractivity contribution in [3.05, 3.63) is 34.7 Å². The Morgan fingerprint density at radius 2 is 1.44 bits per heavy atom. The smallest absolute Gasteiger partial charge is 0.00963 e. The van der Waals surface area contributed by atoms with E-state index in [0.29, 0.717) is 5.41 Å². The SMILES string of the molecule is CC(C)(C)C1=CC2=CC(C(C)(C)C)=PC2=C1. The predicted molar refractivity (Wildman–Crippen MR) is 75.1 cm³/mol. The molecule has 0 radical (unpaired) electrons. The van der Waals surface area contributed by atoms with Crippen molar-refractivity contribution in [3.8, 4) is 0 Å². The van der Waals surface area contributed by atoms with Crippen LogP contribution in [0.2, 0.25) is 0 Å². The topological polar surface area (TPSA) is 0 Å². The van der Waals surface area contributed by atoms with Gasteiger partial charge in [0.1, 0.15) is 0 Å². The fraction of sp³-hybridized carbons (Fsp3) is 0.533. The van der Waals surface area contributed by atoms with Gasteiger partial charge in [-0.3, -0.25) is 0 Å². The molecule has 86 valence electrons. The van der Waals surface area contributed by atoms with Crippen LogP contribution in [0.25, 0.3) is 0 Å². The number of fused-ring (bicyclic) bond motifs is 1. The van der Waals surface area contributed by atoms with Crippen LogP contribution >= 0.6 is 8.20 Å². The molecule has 0 nitrogen and oxygen atoms in total. The summed E-state index contributed by atoms with van der Waals surface area (Å²) < 4.78 is 0. The normalized spacial score (nSPS) is 21.1. The van der Waals surface area contributed by atoms with Gasteiger partial charge in [0.2, 0.25) is 0 Å². The van der Waals surface area contributed by atoms with Crippen molar-refractivity contribution in [1.82, 2.24) is 0 Å². The van der Waals surface area contributed by atoms with Gasteiger partial charge in [-0.1, -0.05) is 55.8 Å². The minimum Gasteiger partial charge on any atom is -0.0637 e. The lowest BCUT2D eigenvalue weighted by atomic mass is 9.87. The van der Waals surface area contributed by atoms with Gasteiger partial charge in [-0.25, -0.2) is 0 Å². The standard InChI is InChI=1S/C15H21P/c1-14(2,3)11-7-10-8-13(15(4,5)6)16-12(10)9-11/h7-9H,1-6H3. The Morgan fingerprint density at radius 1 is 0.812 bits per heavy atom. The van der Waals surface area contributed by atoms with Gasteiger partial charge < -0.3 is 0 Å². The quantitative estimate of drug-likeness (QED) is 0.518. The highest BCUT2D eigenvalue weighted by molar-refractivity contribution is 7.47. The molecule has 0 fully saturated rings. The molecule has 0 saturated carbocycles. The summed E-state index contributed by atoms with van der Waals surface area (Å²) in [5.74, 6) is 0. The molecule has 0 aromatic rings. The molecule has 0 atom stereocenters. The van der Waals surface area contributed by atoms with Crippen LogP contribution in [0.5, 0.6) is 0 Å². The highest BCUT2D eigenvalue weighted by atomic mass is 31.1. The lowest BCUT2D eigenvalue weighted by Crippen LogP contribution is -2.14. The average Bonchev–Trinajstić information content (AvgIpc) is 2.53. The van der Waals surface area contributed by atoms with Gasteiger partial charge in [0.05, 0.1) is 0 Å². The van der Waals surface area contributed by atoms with E-state index in [1.54, 1.807) is 0 Å². The van der Waals surface area contributed by atoms with E-state index in [0.717, 1.165) is 0 Å². The van der Waals surface area contributed by atoms with Crippen molar-refractivity contribution in [1.29, 1.82) is 0 Å². The van der Waals surface area contributed by atoms with Crippen LogP contribution < -0.4 is 0 Å². The average molecular weight is 232 g/mol. The highest BCUT2D eigenvalue weighted by Gasteiger charge is 2.27. The molecule has 0 spiro atoms. The van der Waals surface area contributed by atoms with Crippen LogP contribution in [-0.2, 0) is 0 Å². The lowest BCUT2D eigenvalue weighted by Gasteiger charge is -2.19. The molecule has 1 aliphatic carbocycles. The summed E-state index contributed by atoms with van der Waals surface area (Å²) in [5.41, 5.74) is 3.48. The maximum absolute atomic E-state index is 2.38. The molecule has 0 N–H and O–H groups in total. The molecule has 0 saturated heterocycles. The Bertz CT molecular complexity index is 399. The van der Waals surface area contributed by atoms with Crippen LogP contribution in [0.3, 0.4) is 0 Å². The van der Waals surface area contributed by atoms with Gasteiger partial charge in [-0.15, -0.1) is 0 Å². The molecule has 2 rings (SSSR count). The van der Waals surface area contributed by atoms with E-state index in [1.807, 2.05) is 0 Å². The first kappa shape index (κ1) is 11.9. The molecule has 0 bridgehead atoms. The Labute approximate surface area is 101 Å². The zero-order valence-electron chi connectivity index (χ0n) is 11.2. The van der Waals surface area contributed by atoms with E-state index >= 15 is 0 Å². The first-order valence-electron chi connectivity index (χ1n) is 5.93. The molecule has 2 aliphatic rings. The first-order chi connectivity index (χ1) is 7.18. The predicted octanol–water partition coefficient (Wildman–Crippen LogP) is 4.96. The number of rotatable bonds is 0. The third-order valence-corrected chi connectivity index (χ3v) is 4.74. The van der Waals surface area contributed by atoms with Crippen molar-refractivity contribution in [3.63, 3.8) is 0 Å². The van der Waals surface area contributed by atoms with Crippen LogP contribution in [0.1, 0.15) is 41.5 Å². The van der Waals surface area contributed by atoms with Gasteiger partial charge >= 0.3 is 0 Å². The number of hydrogen-bond acceptors (Lipinski definition) is 0. The molecule has 0 amide bonds. The minimum atomic E-state index is 0.273. The Balaban J connectivity index is 2.31. The summed E-state index contributed by atoms with van der Waals surface area (Å²) in [4.78, 5) is 0. The second-order valence-electron chi connectivity index (χ2n) is 6.73. The Morgan fingerprint density at radius 3 is 1.88 bits per heavy atom. The maximum atomic E-state index is 2.38. The van der Waals surface area contributed by atoms with Gasteiger partial charge in [-0.05, 0) is 39.4 Å². The third-order valence-electron chi connectivity index (χ3n) is 3.07. The van der Waals surface area contributed by atoms with Crippen LogP contribution in [0.15, 0.2) is 34.7 Å². The second-order valence-corrected chi connectivity index (χ2v) is 7.91. The fourth-order valence-electron chi connectivity index (χ4n) is 1.85. The maximum Gasteiger partial charge on any atom is 0.00963 e. The largest absolute Gasteiger partial charge is 0.0637 e. The van der Waals surface area contributed by atoms with E-state index in [1.165, 1.54) is 30.0 Å². The third kappa shape index (κ3) is 2.09. The van der Waals surface area contributed by atoms with Crippen molar-refractivity contribution in [2.45, 2.75) is 41.5 Å². The summed E-state index contributed by atoms with van der Waals surface area (Å²) in [5, 5.41) is 3.04. The fourth-order valence-corrected chi connectivity index (χ4v) is 3.11. The Hall–Kier alpha value is -0.610. The van der Waals surface area contributed by atoms with E-state index < -0.39 is 0 Å². The first-order valence-corrected chi connectivity index (χ1v) is 6.82. The van der Waals surface area contributed by atoms with Crippen LogP contribution in [-0.4, -0.2) is 5.29 Å². The molecule has 0 aromatic carbocycles. The molecule has 1 heteroatoms. The monoisotopic (exact) mass is 232 g/mol. The van der Waals surface area contributed by atoms with Gasteiger partial charge in [0.15, 0.2) is 0 Å². The van der Waals surface area contributed by atoms with Gasteiger partial charge in [-0.2, -0.15) is 0 Å². The van der Waals surface area contributed by atoms with Gasteiger partial charge in [0.25, 0.3) is 0 Å². The van der Waals surface area contributed by atoms with Crippen LogP contribution in [0.4, 0.5) is 0 Å².